The van der Waals surface area contributed by atoms with Crippen LogP contribution >= 0.6 is 0 Å². The third-order valence-corrected chi connectivity index (χ3v) is 7.77. The summed E-state index contributed by atoms with van der Waals surface area (Å²) < 4.78 is 40.5. The average molecular weight is 607 g/mol. The minimum atomic E-state index is -4.81. The van der Waals surface area contributed by atoms with Crippen molar-refractivity contribution >= 4 is 23.4 Å². The first-order chi connectivity index (χ1) is 21.0. The van der Waals surface area contributed by atoms with Crippen LogP contribution in [-0.4, -0.2) is 41.5 Å². The smallest absolute Gasteiger partial charge is 0.379 e. The van der Waals surface area contributed by atoms with Crippen LogP contribution in [0.4, 0.5) is 18.9 Å². The Labute approximate surface area is 253 Å². The Morgan fingerprint density at radius 3 is 2.11 bits per heavy atom. The van der Waals surface area contributed by atoms with Gasteiger partial charge < -0.3 is 21.1 Å². The van der Waals surface area contributed by atoms with Gasteiger partial charge in [-0.3, -0.25) is 14.4 Å². The molecule has 3 aromatic carbocycles. The molecule has 0 spiro atoms. The van der Waals surface area contributed by atoms with Gasteiger partial charge in [0.25, 0.3) is 17.7 Å². The molecule has 0 bridgehead atoms. The van der Waals surface area contributed by atoms with E-state index in [2.05, 4.69) is 16.0 Å². The Bertz CT molecular complexity index is 1530. The van der Waals surface area contributed by atoms with Crippen LogP contribution in [0.1, 0.15) is 69.5 Å². The van der Waals surface area contributed by atoms with Crippen LogP contribution in [0.15, 0.2) is 72.8 Å². The molecule has 0 aliphatic heterocycles. The Morgan fingerprint density at radius 1 is 0.841 bits per heavy atom. The highest BCUT2D eigenvalue weighted by atomic mass is 19.4. The number of rotatable bonds is 10. The first-order valence-electron chi connectivity index (χ1n) is 14.4. The van der Waals surface area contributed by atoms with Crippen molar-refractivity contribution in [1.82, 2.24) is 10.6 Å². The van der Waals surface area contributed by atoms with E-state index in [0.717, 1.165) is 25.3 Å². The molecular formula is C33H33F3N4O4. The standard InChI is InChI=1S/C33H33F3N4O4/c34-33(35,36)28-19-27(15-14-25(28)21-37)40-31(43)32(44,26-12-5-2-6-13-26)20-22-8-7-11-24(18-22)30(42)39-17-16-38-29(41)23-9-3-1-4-10-23/h1,3-4,7-11,14-15,18-19,26,44H,2,5-6,12-13,16-17,20H2,(H,38,41)(H,39,42)(H,40,43). The second-order valence-electron chi connectivity index (χ2n) is 10.8. The molecule has 1 atom stereocenters. The van der Waals surface area contributed by atoms with Crippen LogP contribution in [0.3, 0.4) is 0 Å². The zero-order valence-electron chi connectivity index (χ0n) is 23.9. The zero-order valence-corrected chi connectivity index (χ0v) is 23.9. The highest BCUT2D eigenvalue weighted by Crippen LogP contribution is 2.37. The van der Waals surface area contributed by atoms with E-state index < -0.39 is 40.6 Å². The molecule has 4 N–H and O–H groups in total. The summed E-state index contributed by atoms with van der Waals surface area (Å²) in [4.78, 5) is 38.6. The summed E-state index contributed by atoms with van der Waals surface area (Å²) in [5.41, 5.74) is -2.64. The molecule has 3 amide bonds. The van der Waals surface area contributed by atoms with Crippen molar-refractivity contribution in [3.8, 4) is 6.07 Å². The fourth-order valence-electron chi connectivity index (χ4n) is 5.46. The third-order valence-electron chi connectivity index (χ3n) is 7.77. The van der Waals surface area contributed by atoms with Crippen molar-refractivity contribution in [1.29, 1.82) is 5.26 Å². The van der Waals surface area contributed by atoms with Gasteiger partial charge in [0.15, 0.2) is 0 Å². The maximum Gasteiger partial charge on any atom is 0.417 e. The minimum Gasteiger partial charge on any atom is -0.379 e. The van der Waals surface area contributed by atoms with E-state index in [1.165, 1.54) is 12.1 Å². The van der Waals surface area contributed by atoms with Crippen LogP contribution < -0.4 is 16.0 Å². The number of carbonyl (C=O) groups is 3. The van der Waals surface area contributed by atoms with E-state index in [1.807, 2.05) is 0 Å². The minimum absolute atomic E-state index is 0.167. The molecule has 1 saturated carbocycles. The molecule has 8 nitrogen and oxygen atoms in total. The lowest BCUT2D eigenvalue weighted by Crippen LogP contribution is -2.51. The summed E-state index contributed by atoms with van der Waals surface area (Å²) in [7, 11) is 0. The van der Waals surface area contributed by atoms with Gasteiger partial charge in [0.05, 0.1) is 17.2 Å². The molecule has 0 aromatic heterocycles. The highest BCUT2D eigenvalue weighted by molar-refractivity contribution is 5.98. The van der Waals surface area contributed by atoms with Crippen molar-refractivity contribution < 1.29 is 32.7 Å². The van der Waals surface area contributed by atoms with Gasteiger partial charge >= 0.3 is 6.18 Å². The fraction of sp³-hybridized carbons (Fsp3) is 0.333. The van der Waals surface area contributed by atoms with Gasteiger partial charge in [-0.05, 0) is 66.8 Å². The summed E-state index contributed by atoms with van der Waals surface area (Å²) in [5.74, 6) is -1.99. The molecule has 11 heteroatoms. The predicted molar refractivity (Wildman–Crippen MR) is 158 cm³/mol. The topological polar surface area (TPSA) is 131 Å². The number of alkyl halides is 3. The molecule has 1 fully saturated rings. The van der Waals surface area contributed by atoms with Gasteiger partial charge in [-0.1, -0.05) is 49.6 Å². The Balaban J connectivity index is 1.46. The molecule has 230 valence electrons. The van der Waals surface area contributed by atoms with Crippen molar-refractivity contribution in [3.05, 3.63) is 101 Å². The lowest BCUT2D eigenvalue weighted by molar-refractivity contribution is -0.142. The van der Waals surface area contributed by atoms with Crippen molar-refractivity contribution in [3.63, 3.8) is 0 Å². The van der Waals surface area contributed by atoms with E-state index >= 15 is 0 Å². The van der Waals surface area contributed by atoms with Crippen LogP contribution in [0.2, 0.25) is 0 Å². The SMILES string of the molecule is N#Cc1ccc(NC(=O)C(O)(Cc2cccc(C(=O)NCCNC(=O)c3ccccc3)c2)C2CCCCC2)cc1C(F)(F)F. The molecular weight excluding hydrogens is 573 g/mol. The van der Waals surface area contributed by atoms with Crippen LogP contribution in [0.25, 0.3) is 0 Å². The number of benzene rings is 3. The monoisotopic (exact) mass is 606 g/mol. The molecule has 1 aliphatic carbocycles. The first-order valence-corrected chi connectivity index (χ1v) is 14.4. The zero-order chi connectivity index (χ0) is 31.7. The normalized spacial score (nSPS) is 15.0. The second-order valence-corrected chi connectivity index (χ2v) is 10.8. The number of hydrogen-bond donors (Lipinski definition) is 4. The number of halogens is 3. The summed E-state index contributed by atoms with van der Waals surface area (Å²) in [5, 5.41) is 28.9. The summed E-state index contributed by atoms with van der Waals surface area (Å²) in [6, 6.07) is 19.5. The molecule has 3 aromatic rings. The van der Waals surface area contributed by atoms with Gasteiger partial charge in [0.2, 0.25) is 0 Å². The van der Waals surface area contributed by atoms with Crippen molar-refractivity contribution in [2.75, 3.05) is 18.4 Å². The second kappa shape index (κ2) is 14.2. The van der Waals surface area contributed by atoms with Gasteiger partial charge in [-0.2, -0.15) is 18.4 Å². The Morgan fingerprint density at radius 2 is 1.48 bits per heavy atom. The molecule has 44 heavy (non-hydrogen) atoms. The number of nitriles is 1. The first kappa shape index (κ1) is 32.2. The maximum absolute atomic E-state index is 13.6. The van der Waals surface area contributed by atoms with Gasteiger partial charge in [-0.25, -0.2) is 0 Å². The Kier molecular flexibility index (Phi) is 10.4. The molecule has 1 aliphatic rings. The number of amides is 3. The molecule has 0 saturated heterocycles. The quantitative estimate of drug-likeness (QED) is 0.235. The lowest BCUT2D eigenvalue weighted by Gasteiger charge is -2.37. The molecule has 1 unspecified atom stereocenters. The highest BCUT2D eigenvalue weighted by Gasteiger charge is 2.44. The number of carbonyl (C=O) groups excluding carboxylic acids is 3. The average Bonchev–Trinajstić information content (AvgIpc) is 3.03. The van der Waals surface area contributed by atoms with E-state index in [4.69, 9.17) is 5.26 Å². The van der Waals surface area contributed by atoms with Gasteiger partial charge in [0.1, 0.15) is 5.60 Å². The lowest BCUT2D eigenvalue weighted by atomic mass is 9.73. The van der Waals surface area contributed by atoms with Gasteiger partial charge in [0, 0.05) is 36.3 Å². The fourth-order valence-corrected chi connectivity index (χ4v) is 5.46. The van der Waals surface area contributed by atoms with E-state index in [0.29, 0.717) is 30.0 Å². The predicted octanol–water partition coefficient (Wildman–Crippen LogP) is 5.23. The molecule has 0 radical (unpaired) electrons. The van der Waals surface area contributed by atoms with Crippen molar-refractivity contribution in [2.45, 2.75) is 50.3 Å². The Hall–Kier alpha value is -4.69. The molecule has 0 heterocycles. The summed E-state index contributed by atoms with van der Waals surface area (Å²) in [6.45, 7) is 0.368. The largest absolute Gasteiger partial charge is 0.417 e. The van der Waals surface area contributed by atoms with E-state index in [-0.39, 0.29) is 36.7 Å². The number of aliphatic hydroxyl groups is 1. The number of nitrogens with zero attached hydrogens (tertiary/aromatic N) is 1. The van der Waals surface area contributed by atoms with Crippen molar-refractivity contribution in [2.24, 2.45) is 5.92 Å². The van der Waals surface area contributed by atoms with E-state index in [9.17, 15) is 32.7 Å². The maximum atomic E-state index is 13.6. The van der Waals surface area contributed by atoms with Crippen LogP contribution in [0.5, 0.6) is 0 Å². The number of anilines is 1. The van der Waals surface area contributed by atoms with Crippen LogP contribution in [0, 0.1) is 17.2 Å². The third kappa shape index (κ3) is 8.02. The summed E-state index contributed by atoms with van der Waals surface area (Å²) >= 11 is 0. The van der Waals surface area contributed by atoms with Crippen LogP contribution in [-0.2, 0) is 17.4 Å². The van der Waals surface area contributed by atoms with E-state index in [1.54, 1.807) is 54.6 Å². The van der Waals surface area contributed by atoms with Gasteiger partial charge in [-0.15, -0.1) is 0 Å². The molecule has 4 rings (SSSR count). The summed E-state index contributed by atoms with van der Waals surface area (Å²) in [6.07, 6.45) is -1.34. The number of nitrogens with one attached hydrogen (secondary N) is 3. The number of hydrogen-bond acceptors (Lipinski definition) is 5.